The number of β-amino-alcohol motifs (C(OH)–C–C–N with tert-alkyl or cyclic N) is 1. The van der Waals surface area contributed by atoms with Gasteiger partial charge in [-0.2, -0.15) is 5.10 Å². The number of pyridine rings is 1. The Kier molecular flexibility index (Phi) is 3.62. The van der Waals surface area contributed by atoms with Crippen molar-refractivity contribution in [2.75, 3.05) is 18.0 Å². The summed E-state index contributed by atoms with van der Waals surface area (Å²) >= 11 is 3.40. The van der Waals surface area contributed by atoms with Gasteiger partial charge < -0.3 is 14.7 Å². The largest absolute Gasteiger partial charge is 0.482 e. The molecule has 20 heavy (non-hydrogen) atoms. The smallest absolute Gasteiger partial charge is 0.157 e. The third-order valence-electron chi connectivity index (χ3n) is 3.26. The monoisotopic (exact) mass is 338 g/mol. The van der Waals surface area contributed by atoms with Crippen LogP contribution in [0.25, 0.3) is 0 Å². The first-order valence-electron chi connectivity index (χ1n) is 6.30. The van der Waals surface area contributed by atoms with Crippen molar-refractivity contribution < 1.29 is 9.84 Å². The number of nitrogens with zero attached hydrogens (tertiary/aromatic N) is 4. The number of rotatable bonds is 3. The van der Waals surface area contributed by atoms with E-state index in [0.29, 0.717) is 18.8 Å². The van der Waals surface area contributed by atoms with E-state index in [-0.39, 0.29) is 6.10 Å². The summed E-state index contributed by atoms with van der Waals surface area (Å²) in [5.41, 5.74) is 0.968. The van der Waals surface area contributed by atoms with E-state index >= 15 is 0 Å². The molecule has 7 heteroatoms. The minimum Gasteiger partial charge on any atom is -0.482 e. The average molecular weight is 339 g/mol. The zero-order valence-electron chi connectivity index (χ0n) is 11.0. The zero-order chi connectivity index (χ0) is 14.1. The van der Waals surface area contributed by atoms with Crippen LogP contribution in [0.4, 0.5) is 5.69 Å². The van der Waals surface area contributed by atoms with Crippen molar-refractivity contribution in [3.8, 4) is 5.75 Å². The van der Waals surface area contributed by atoms with Crippen LogP contribution in [0.5, 0.6) is 5.75 Å². The number of hydrogen-bond acceptors (Lipinski definition) is 5. The average Bonchev–Trinajstić information content (AvgIpc) is 2.97. The van der Waals surface area contributed by atoms with Crippen LogP contribution in [-0.2, 0) is 7.05 Å². The summed E-state index contributed by atoms with van der Waals surface area (Å²) in [6, 6.07) is 1.98. The Hall–Kier alpha value is -1.60. The van der Waals surface area contributed by atoms with Crippen molar-refractivity contribution in [3.05, 3.63) is 35.3 Å². The molecule has 0 aromatic carbocycles. The lowest BCUT2D eigenvalue weighted by molar-refractivity contribution is 0.0737. The molecule has 0 amide bonds. The van der Waals surface area contributed by atoms with Gasteiger partial charge in [-0.25, -0.2) is 0 Å². The molecule has 0 bridgehead atoms. The first kappa shape index (κ1) is 13.4. The van der Waals surface area contributed by atoms with Gasteiger partial charge in [0.15, 0.2) is 5.75 Å². The fourth-order valence-corrected chi connectivity index (χ4v) is 2.64. The Morgan fingerprint density at radius 1 is 1.35 bits per heavy atom. The number of ether oxygens (including phenoxy) is 1. The van der Waals surface area contributed by atoms with E-state index in [1.54, 1.807) is 29.5 Å². The second-order valence-electron chi connectivity index (χ2n) is 4.84. The van der Waals surface area contributed by atoms with Crippen molar-refractivity contribution in [1.29, 1.82) is 0 Å². The topological polar surface area (TPSA) is 63.4 Å². The van der Waals surface area contributed by atoms with Gasteiger partial charge in [0.05, 0.1) is 30.8 Å². The SMILES string of the molecule is Cn1cc(O[C@@H]2CN(c3cncc(Br)c3)C[C@H]2O)cn1. The maximum absolute atomic E-state index is 10.1. The lowest BCUT2D eigenvalue weighted by atomic mass is 10.3. The zero-order valence-corrected chi connectivity index (χ0v) is 12.6. The van der Waals surface area contributed by atoms with E-state index < -0.39 is 6.10 Å². The fraction of sp³-hybridized carbons (Fsp3) is 0.385. The molecule has 2 aromatic rings. The second kappa shape index (κ2) is 5.41. The lowest BCUT2D eigenvalue weighted by Gasteiger charge is -2.17. The maximum Gasteiger partial charge on any atom is 0.157 e. The number of anilines is 1. The van der Waals surface area contributed by atoms with Crippen LogP contribution >= 0.6 is 15.9 Å². The van der Waals surface area contributed by atoms with E-state index in [1.807, 2.05) is 13.1 Å². The lowest BCUT2D eigenvalue weighted by Crippen LogP contribution is -2.29. The highest BCUT2D eigenvalue weighted by Gasteiger charge is 2.33. The highest BCUT2D eigenvalue weighted by Crippen LogP contribution is 2.25. The summed E-state index contributed by atoms with van der Waals surface area (Å²) in [5, 5.41) is 14.2. The number of halogens is 1. The predicted molar refractivity (Wildman–Crippen MR) is 77.8 cm³/mol. The van der Waals surface area contributed by atoms with E-state index in [9.17, 15) is 5.11 Å². The first-order chi connectivity index (χ1) is 9.61. The van der Waals surface area contributed by atoms with Gasteiger partial charge in [-0.1, -0.05) is 0 Å². The molecule has 1 aliphatic heterocycles. The van der Waals surface area contributed by atoms with Crippen LogP contribution in [-0.4, -0.2) is 45.2 Å². The number of hydrogen-bond donors (Lipinski definition) is 1. The van der Waals surface area contributed by atoms with Crippen molar-refractivity contribution in [2.45, 2.75) is 12.2 Å². The van der Waals surface area contributed by atoms with Crippen LogP contribution in [0.1, 0.15) is 0 Å². The van der Waals surface area contributed by atoms with Crippen molar-refractivity contribution in [3.63, 3.8) is 0 Å². The van der Waals surface area contributed by atoms with Gasteiger partial charge >= 0.3 is 0 Å². The highest BCUT2D eigenvalue weighted by molar-refractivity contribution is 9.10. The van der Waals surface area contributed by atoms with E-state index in [4.69, 9.17) is 4.74 Å². The molecular formula is C13H15BrN4O2. The summed E-state index contributed by atoms with van der Waals surface area (Å²) in [6.45, 7) is 1.15. The quantitative estimate of drug-likeness (QED) is 0.911. The standard InChI is InChI=1S/C13H15BrN4O2/c1-17-6-11(5-16-17)20-13-8-18(7-12(13)19)10-2-9(14)3-15-4-10/h2-6,12-13,19H,7-8H2,1H3/t12-,13-/m1/s1. The van der Waals surface area contributed by atoms with Gasteiger partial charge in [-0.15, -0.1) is 0 Å². The van der Waals surface area contributed by atoms with E-state index in [0.717, 1.165) is 10.2 Å². The molecule has 3 rings (SSSR count). The van der Waals surface area contributed by atoms with Gasteiger partial charge in [0.2, 0.25) is 0 Å². The minimum atomic E-state index is -0.533. The van der Waals surface area contributed by atoms with Crippen molar-refractivity contribution in [2.24, 2.45) is 7.05 Å². The molecule has 1 aliphatic rings. The fourth-order valence-electron chi connectivity index (χ4n) is 2.29. The van der Waals surface area contributed by atoms with Crippen LogP contribution < -0.4 is 9.64 Å². The van der Waals surface area contributed by atoms with Crippen molar-refractivity contribution in [1.82, 2.24) is 14.8 Å². The Bertz CT molecular complexity index is 604. The molecule has 2 atom stereocenters. The van der Waals surface area contributed by atoms with E-state index in [2.05, 4.69) is 30.9 Å². The van der Waals surface area contributed by atoms with Crippen LogP contribution in [0, 0.1) is 0 Å². The molecule has 6 nitrogen and oxygen atoms in total. The van der Waals surface area contributed by atoms with Crippen molar-refractivity contribution >= 4 is 21.6 Å². The summed E-state index contributed by atoms with van der Waals surface area (Å²) in [6.07, 6.45) is 6.16. The normalized spacial score (nSPS) is 22.2. The molecule has 1 N–H and O–H groups in total. The molecule has 0 radical (unpaired) electrons. The Labute approximate surface area is 125 Å². The maximum atomic E-state index is 10.1. The molecule has 3 heterocycles. The Balaban J connectivity index is 1.70. The third kappa shape index (κ3) is 2.78. The minimum absolute atomic E-state index is 0.266. The Morgan fingerprint density at radius 3 is 2.90 bits per heavy atom. The summed E-state index contributed by atoms with van der Waals surface area (Å²) in [4.78, 5) is 6.20. The molecule has 0 unspecified atom stereocenters. The highest BCUT2D eigenvalue weighted by atomic mass is 79.9. The van der Waals surface area contributed by atoms with Crippen LogP contribution in [0.15, 0.2) is 35.3 Å². The number of aryl methyl sites for hydroxylation is 1. The summed E-state index contributed by atoms with van der Waals surface area (Å²) in [5.74, 6) is 0.672. The molecule has 106 valence electrons. The number of aliphatic hydroxyl groups excluding tert-OH is 1. The van der Waals surface area contributed by atoms with Gasteiger partial charge in [-0.05, 0) is 22.0 Å². The van der Waals surface area contributed by atoms with Crippen LogP contribution in [0.2, 0.25) is 0 Å². The van der Waals surface area contributed by atoms with Gasteiger partial charge in [0, 0.05) is 24.3 Å². The van der Waals surface area contributed by atoms with Gasteiger partial charge in [0.1, 0.15) is 12.2 Å². The van der Waals surface area contributed by atoms with E-state index in [1.165, 1.54) is 0 Å². The van der Waals surface area contributed by atoms with Gasteiger partial charge in [0.25, 0.3) is 0 Å². The first-order valence-corrected chi connectivity index (χ1v) is 7.10. The summed E-state index contributed by atoms with van der Waals surface area (Å²) in [7, 11) is 1.83. The third-order valence-corrected chi connectivity index (χ3v) is 3.69. The van der Waals surface area contributed by atoms with Gasteiger partial charge in [-0.3, -0.25) is 9.67 Å². The molecule has 0 saturated carbocycles. The second-order valence-corrected chi connectivity index (χ2v) is 5.76. The molecular weight excluding hydrogens is 324 g/mol. The van der Waals surface area contributed by atoms with Crippen LogP contribution in [0.3, 0.4) is 0 Å². The Morgan fingerprint density at radius 2 is 2.20 bits per heavy atom. The number of aromatic nitrogens is 3. The number of aliphatic hydroxyl groups is 1. The molecule has 2 aromatic heterocycles. The molecule has 0 spiro atoms. The predicted octanol–water partition coefficient (Wildman–Crippen LogP) is 1.21. The molecule has 0 aliphatic carbocycles. The molecule has 1 saturated heterocycles. The summed E-state index contributed by atoms with van der Waals surface area (Å²) < 4.78 is 8.37. The molecule has 1 fully saturated rings.